The number of benzene rings is 1. The Bertz CT molecular complexity index is 862. The van der Waals surface area contributed by atoms with E-state index in [4.69, 9.17) is 0 Å². The standard InChI is InChI=1S/C19H20N4O3S2/c24-15(10-23-16(25)13-8-4-5-9-14(13)17(23)26)20-18-21-22-19(28-18)27-11-12-6-2-1-3-7-12/h1-3,6-7,13-14H,4-5,8-11H2,(H,20,21,24). The van der Waals surface area contributed by atoms with E-state index >= 15 is 0 Å². The minimum absolute atomic E-state index is 0.207. The number of hydrogen-bond acceptors (Lipinski definition) is 7. The molecule has 1 aromatic carbocycles. The molecule has 1 aliphatic heterocycles. The third kappa shape index (κ3) is 4.10. The second-order valence-electron chi connectivity index (χ2n) is 6.96. The lowest BCUT2D eigenvalue weighted by atomic mass is 9.81. The fraction of sp³-hybridized carbons (Fsp3) is 0.421. The molecule has 2 unspecified atom stereocenters. The molecule has 2 heterocycles. The summed E-state index contributed by atoms with van der Waals surface area (Å²) in [4.78, 5) is 38.4. The maximum Gasteiger partial charge on any atom is 0.246 e. The van der Waals surface area contributed by atoms with Crippen molar-refractivity contribution in [2.24, 2.45) is 11.8 Å². The van der Waals surface area contributed by atoms with Crippen molar-refractivity contribution >= 4 is 46.0 Å². The van der Waals surface area contributed by atoms with Crippen LogP contribution >= 0.6 is 23.1 Å². The van der Waals surface area contributed by atoms with Gasteiger partial charge in [-0.15, -0.1) is 10.2 Å². The van der Waals surface area contributed by atoms with E-state index in [0.717, 1.165) is 40.7 Å². The van der Waals surface area contributed by atoms with Gasteiger partial charge in [0, 0.05) is 5.75 Å². The highest BCUT2D eigenvalue weighted by atomic mass is 32.2. The van der Waals surface area contributed by atoms with Crippen molar-refractivity contribution in [3.05, 3.63) is 35.9 Å². The van der Waals surface area contributed by atoms with Gasteiger partial charge in [0.15, 0.2) is 4.34 Å². The fourth-order valence-corrected chi connectivity index (χ4v) is 5.45. The first kappa shape index (κ1) is 19.1. The zero-order valence-corrected chi connectivity index (χ0v) is 16.8. The maximum absolute atomic E-state index is 12.5. The fourth-order valence-electron chi connectivity index (χ4n) is 3.73. The number of carbonyl (C=O) groups is 3. The first-order valence-electron chi connectivity index (χ1n) is 9.27. The monoisotopic (exact) mass is 416 g/mol. The zero-order valence-electron chi connectivity index (χ0n) is 15.2. The number of anilines is 1. The van der Waals surface area contributed by atoms with Gasteiger partial charge in [0.1, 0.15) is 6.54 Å². The third-order valence-electron chi connectivity index (χ3n) is 5.09. The van der Waals surface area contributed by atoms with Crippen molar-refractivity contribution in [2.45, 2.75) is 35.8 Å². The molecule has 4 rings (SSSR count). The van der Waals surface area contributed by atoms with E-state index in [1.807, 2.05) is 30.3 Å². The number of fused-ring (bicyclic) bond motifs is 1. The zero-order chi connectivity index (χ0) is 19.5. The Morgan fingerprint density at radius 1 is 1.11 bits per heavy atom. The van der Waals surface area contributed by atoms with Gasteiger partial charge in [0.25, 0.3) is 0 Å². The van der Waals surface area contributed by atoms with Crippen molar-refractivity contribution in [2.75, 3.05) is 11.9 Å². The predicted molar refractivity (Wildman–Crippen MR) is 107 cm³/mol. The summed E-state index contributed by atoms with van der Waals surface area (Å²) in [6, 6.07) is 10.0. The summed E-state index contributed by atoms with van der Waals surface area (Å²) in [5.41, 5.74) is 1.18. The Kier molecular flexibility index (Phi) is 5.72. The van der Waals surface area contributed by atoms with Gasteiger partial charge in [-0.2, -0.15) is 0 Å². The molecule has 0 radical (unpaired) electrons. The summed E-state index contributed by atoms with van der Waals surface area (Å²) in [6.07, 6.45) is 3.42. The molecule has 1 aromatic heterocycles. The van der Waals surface area contributed by atoms with Crippen molar-refractivity contribution in [1.82, 2.24) is 15.1 Å². The van der Waals surface area contributed by atoms with Crippen LogP contribution in [-0.2, 0) is 20.1 Å². The third-order valence-corrected chi connectivity index (χ3v) is 7.14. The highest BCUT2D eigenvalue weighted by Crippen LogP contribution is 2.38. The van der Waals surface area contributed by atoms with E-state index in [1.54, 1.807) is 11.8 Å². The van der Waals surface area contributed by atoms with Crippen molar-refractivity contribution < 1.29 is 14.4 Å². The lowest BCUT2D eigenvalue weighted by Gasteiger charge is -2.19. The number of amides is 3. The van der Waals surface area contributed by atoms with Crippen LogP contribution < -0.4 is 5.32 Å². The number of aromatic nitrogens is 2. The first-order valence-corrected chi connectivity index (χ1v) is 11.1. The Morgan fingerprint density at radius 3 is 2.46 bits per heavy atom. The van der Waals surface area contributed by atoms with Gasteiger partial charge in [-0.05, 0) is 18.4 Å². The molecule has 7 nitrogen and oxygen atoms in total. The summed E-state index contributed by atoms with van der Waals surface area (Å²) in [7, 11) is 0. The maximum atomic E-state index is 12.5. The number of nitrogens with zero attached hydrogens (tertiary/aromatic N) is 3. The van der Waals surface area contributed by atoms with Gasteiger partial charge in [0.2, 0.25) is 22.9 Å². The van der Waals surface area contributed by atoms with E-state index in [2.05, 4.69) is 15.5 Å². The molecule has 0 bridgehead atoms. The molecule has 1 N–H and O–H groups in total. The predicted octanol–water partition coefficient (Wildman–Crippen LogP) is 2.94. The molecule has 2 aromatic rings. The molecule has 1 saturated heterocycles. The van der Waals surface area contributed by atoms with Gasteiger partial charge < -0.3 is 0 Å². The molecule has 2 fully saturated rings. The summed E-state index contributed by atoms with van der Waals surface area (Å²) >= 11 is 2.82. The SMILES string of the molecule is O=C(CN1C(=O)C2CCCCC2C1=O)Nc1nnc(SCc2ccccc2)s1. The van der Waals surface area contributed by atoms with Gasteiger partial charge in [-0.3, -0.25) is 24.6 Å². The number of nitrogens with one attached hydrogen (secondary N) is 1. The Morgan fingerprint density at radius 2 is 1.79 bits per heavy atom. The minimum Gasteiger partial charge on any atom is -0.299 e. The minimum atomic E-state index is -0.420. The lowest BCUT2D eigenvalue weighted by Crippen LogP contribution is -2.38. The summed E-state index contributed by atoms with van der Waals surface area (Å²) in [5.74, 6) is -0.546. The Labute approximate surface area is 170 Å². The number of rotatable bonds is 6. The van der Waals surface area contributed by atoms with Crippen LogP contribution in [0.1, 0.15) is 31.2 Å². The summed E-state index contributed by atoms with van der Waals surface area (Å²) in [5, 5.41) is 11.1. The van der Waals surface area contributed by atoms with E-state index in [0.29, 0.717) is 5.13 Å². The molecule has 1 saturated carbocycles. The Balaban J connectivity index is 1.31. The summed E-state index contributed by atoms with van der Waals surface area (Å²) < 4.78 is 0.749. The second kappa shape index (κ2) is 8.40. The van der Waals surface area contributed by atoms with Crippen molar-refractivity contribution in [3.63, 3.8) is 0 Å². The van der Waals surface area contributed by atoms with E-state index < -0.39 is 5.91 Å². The van der Waals surface area contributed by atoms with Gasteiger partial charge >= 0.3 is 0 Å². The van der Waals surface area contributed by atoms with Gasteiger partial charge in [-0.1, -0.05) is 66.3 Å². The lowest BCUT2D eigenvalue weighted by molar-refractivity contribution is -0.142. The van der Waals surface area contributed by atoms with Crippen LogP contribution in [0, 0.1) is 11.8 Å². The van der Waals surface area contributed by atoms with Gasteiger partial charge in [0.05, 0.1) is 11.8 Å². The second-order valence-corrected chi connectivity index (χ2v) is 9.16. The van der Waals surface area contributed by atoms with Crippen molar-refractivity contribution in [3.8, 4) is 0 Å². The van der Waals surface area contributed by atoms with Crippen LogP contribution in [0.3, 0.4) is 0 Å². The number of imide groups is 1. The normalized spacial score (nSPS) is 21.6. The van der Waals surface area contributed by atoms with Crippen LogP contribution in [0.5, 0.6) is 0 Å². The molecule has 0 spiro atoms. The largest absolute Gasteiger partial charge is 0.299 e. The van der Waals surface area contributed by atoms with Crippen LogP contribution in [0.25, 0.3) is 0 Å². The summed E-state index contributed by atoms with van der Waals surface area (Å²) in [6.45, 7) is -0.253. The molecule has 2 atom stereocenters. The van der Waals surface area contributed by atoms with E-state index in [1.165, 1.54) is 16.9 Å². The van der Waals surface area contributed by atoms with Crippen LogP contribution in [0.4, 0.5) is 5.13 Å². The first-order chi connectivity index (χ1) is 13.6. The van der Waals surface area contributed by atoms with Gasteiger partial charge in [-0.25, -0.2) is 0 Å². The van der Waals surface area contributed by atoms with Crippen LogP contribution in [0.2, 0.25) is 0 Å². The molecule has 9 heteroatoms. The molecular weight excluding hydrogens is 396 g/mol. The Hall–Kier alpha value is -2.26. The molecule has 3 amide bonds. The quantitative estimate of drug-likeness (QED) is 0.442. The highest BCUT2D eigenvalue weighted by molar-refractivity contribution is 8.00. The molecule has 1 aliphatic carbocycles. The van der Waals surface area contributed by atoms with Crippen LogP contribution in [0.15, 0.2) is 34.7 Å². The smallest absolute Gasteiger partial charge is 0.246 e. The van der Waals surface area contributed by atoms with Crippen LogP contribution in [-0.4, -0.2) is 39.4 Å². The molecule has 2 aliphatic rings. The highest BCUT2D eigenvalue weighted by Gasteiger charge is 2.48. The molecule has 146 valence electrons. The number of thioether (sulfide) groups is 1. The van der Waals surface area contributed by atoms with Crippen molar-refractivity contribution in [1.29, 1.82) is 0 Å². The molecule has 28 heavy (non-hydrogen) atoms. The average molecular weight is 417 g/mol. The molecular formula is C19H20N4O3S2. The number of likely N-dealkylation sites (tertiary alicyclic amines) is 1. The average Bonchev–Trinajstić information content (AvgIpc) is 3.26. The topological polar surface area (TPSA) is 92.3 Å². The van der Waals surface area contributed by atoms with E-state index in [9.17, 15) is 14.4 Å². The van der Waals surface area contributed by atoms with E-state index in [-0.39, 0.29) is 30.2 Å². The number of carbonyl (C=O) groups excluding carboxylic acids is 3. The number of hydrogen-bond donors (Lipinski definition) is 1.